The van der Waals surface area contributed by atoms with E-state index in [9.17, 15) is 5.11 Å². The van der Waals surface area contributed by atoms with Crippen LogP contribution in [0.2, 0.25) is 0 Å². The maximum atomic E-state index is 9.30. The molecule has 3 nitrogen and oxygen atoms in total. The molecular formula is C14H24N2O. The second-order valence-corrected chi connectivity index (χ2v) is 5.07. The van der Waals surface area contributed by atoms with E-state index >= 15 is 0 Å². The molecule has 2 unspecified atom stereocenters. The van der Waals surface area contributed by atoms with Crippen LogP contribution in [-0.4, -0.2) is 36.8 Å². The Bertz CT molecular complexity index is 365. The Labute approximate surface area is 104 Å². The van der Waals surface area contributed by atoms with Gasteiger partial charge < -0.3 is 15.7 Å². The summed E-state index contributed by atoms with van der Waals surface area (Å²) in [4.78, 5) is 2.07. The fourth-order valence-electron chi connectivity index (χ4n) is 2.61. The van der Waals surface area contributed by atoms with Gasteiger partial charge in [0.15, 0.2) is 0 Å². The van der Waals surface area contributed by atoms with Gasteiger partial charge in [-0.15, -0.1) is 0 Å². The predicted molar refractivity (Wildman–Crippen MR) is 72.1 cm³/mol. The van der Waals surface area contributed by atoms with E-state index in [0.29, 0.717) is 0 Å². The van der Waals surface area contributed by atoms with E-state index < -0.39 is 0 Å². The Morgan fingerprint density at radius 3 is 2.00 bits per heavy atom. The number of benzene rings is 1. The van der Waals surface area contributed by atoms with Gasteiger partial charge in [-0.1, -0.05) is 17.7 Å². The number of rotatable bonds is 4. The lowest BCUT2D eigenvalue weighted by molar-refractivity contribution is 0.180. The van der Waals surface area contributed by atoms with Crippen LogP contribution in [0.25, 0.3) is 0 Å². The molecule has 1 aromatic carbocycles. The highest BCUT2D eigenvalue weighted by Crippen LogP contribution is 2.28. The molecule has 0 aliphatic carbocycles. The van der Waals surface area contributed by atoms with Gasteiger partial charge in [0.05, 0.1) is 12.6 Å². The predicted octanol–water partition coefficient (Wildman–Crippen LogP) is 1.53. The van der Waals surface area contributed by atoms with Crippen LogP contribution >= 0.6 is 0 Å². The van der Waals surface area contributed by atoms with E-state index in [4.69, 9.17) is 5.73 Å². The van der Waals surface area contributed by atoms with E-state index in [0.717, 1.165) is 0 Å². The Balaban J connectivity index is 3.28. The zero-order chi connectivity index (χ0) is 13.2. The molecule has 0 radical (unpaired) electrons. The van der Waals surface area contributed by atoms with Crippen LogP contribution in [0, 0.1) is 20.8 Å². The minimum Gasteiger partial charge on any atom is -0.395 e. The summed E-state index contributed by atoms with van der Waals surface area (Å²) < 4.78 is 0. The van der Waals surface area contributed by atoms with Crippen LogP contribution in [0.3, 0.4) is 0 Å². The average molecular weight is 236 g/mol. The van der Waals surface area contributed by atoms with Crippen molar-refractivity contribution in [2.45, 2.75) is 32.9 Å². The standard InChI is InChI=1S/C14H24N2O/c1-9-6-10(2)13(11(3)7-9)14(16(4)5)12(15)8-17/h6-7,12,14,17H,8,15H2,1-5H3. The first-order valence-electron chi connectivity index (χ1n) is 5.99. The Morgan fingerprint density at radius 2 is 1.65 bits per heavy atom. The topological polar surface area (TPSA) is 49.5 Å². The van der Waals surface area contributed by atoms with Crippen molar-refractivity contribution in [3.63, 3.8) is 0 Å². The number of hydrogen-bond donors (Lipinski definition) is 2. The van der Waals surface area contributed by atoms with Crippen molar-refractivity contribution < 1.29 is 5.11 Å². The van der Waals surface area contributed by atoms with Crippen molar-refractivity contribution in [3.8, 4) is 0 Å². The number of likely N-dealkylation sites (N-methyl/N-ethyl adjacent to an activating group) is 1. The van der Waals surface area contributed by atoms with E-state index in [1.807, 2.05) is 14.1 Å². The van der Waals surface area contributed by atoms with Gasteiger partial charge in [-0.2, -0.15) is 0 Å². The molecule has 0 bridgehead atoms. The Hall–Kier alpha value is -0.900. The van der Waals surface area contributed by atoms with Gasteiger partial charge in [-0.25, -0.2) is 0 Å². The van der Waals surface area contributed by atoms with E-state index in [1.54, 1.807) is 0 Å². The highest BCUT2D eigenvalue weighted by Gasteiger charge is 2.24. The lowest BCUT2D eigenvalue weighted by Gasteiger charge is -2.32. The van der Waals surface area contributed by atoms with Gasteiger partial charge in [-0.3, -0.25) is 0 Å². The lowest BCUT2D eigenvalue weighted by Crippen LogP contribution is -2.40. The van der Waals surface area contributed by atoms with Gasteiger partial charge in [0.2, 0.25) is 0 Å². The monoisotopic (exact) mass is 236 g/mol. The maximum absolute atomic E-state index is 9.30. The van der Waals surface area contributed by atoms with Crippen molar-refractivity contribution in [1.29, 1.82) is 0 Å². The molecule has 3 heteroatoms. The zero-order valence-corrected chi connectivity index (χ0v) is 11.5. The molecule has 17 heavy (non-hydrogen) atoms. The van der Waals surface area contributed by atoms with Crippen molar-refractivity contribution in [1.82, 2.24) is 4.90 Å². The van der Waals surface area contributed by atoms with Gasteiger partial charge in [0.1, 0.15) is 0 Å². The molecule has 3 N–H and O–H groups in total. The van der Waals surface area contributed by atoms with Crippen LogP contribution in [0.4, 0.5) is 0 Å². The zero-order valence-electron chi connectivity index (χ0n) is 11.5. The average Bonchev–Trinajstić information content (AvgIpc) is 2.21. The highest BCUT2D eigenvalue weighted by atomic mass is 16.3. The number of nitrogens with two attached hydrogens (primary N) is 1. The minimum atomic E-state index is -0.259. The van der Waals surface area contributed by atoms with Crippen LogP contribution in [-0.2, 0) is 0 Å². The Morgan fingerprint density at radius 1 is 1.18 bits per heavy atom. The Kier molecular flexibility index (Phi) is 4.69. The molecule has 0 fully saturated rings. The molecule has 1 aromatic rings. The molecule has 0 aromatic heterocycles. The first-order valence-corrected chi connectivity index (χ1v) is 5.99. The lowest BCUT2D eigenvalue weighted by atomic mass is 9.90. The summed E-state index contributed by atoms with van der Waals surface area (Å²) in [5, 5.41) is 9.30. The van der Waals surface area contributed by atoms with Crippen molar-refractivity contribution in [2.75, 3.05) is 20.7 Å². The van der Waals surface area contributed by atoms with Crippen LogP contribution in [0.5, 0.6) is 0 Å². The van der Waals surface area contributed by atoms with Gasteiger partial charge in [0.25, 0.3) is 0 Å². The molecule has 0 saturated heterocycles. The second-order valence-electron chi connectivity index (χ2n) is 5.07. The van der Waals surface area contributed by atoms with Crippen LogP contribution in [0.1, 0.15) is 28.3 Å². The number of hydrogen-bond acceptors (Lipinski definition) is 3. The molecule has 2 atom stereocenters. The molecule has 0 aliphatic heterocycles. The van der Waals surface area contributed by atoms with E-state index in [-0.39, 0.29) is 18.7 Å². The fourth-order valence-corrected chi connectivity index (χ4v) is 2.61. The number of aliphatic hydroxyl groups excluding tert-OH is 1. The summed E-state index contributed by atoms with van der Waals surface area (Å²) in [6.07, 6.45) is 0. The van der Waals surface area contributed by atoms with Crippen LogP contribution < -0.4 is 5.73 Å². The van der Waals surface area contributed by atoms with Crippen molar-refractivity contribution in [2.24, 2.45) is 5.73 Å². The minimum absolute atomic E-state index is 0.00436. The third-order valence-corrected chi connectivity index (χ3v) is 3.21. The summed E-state index contributed by atoms with van der Waals surface area (Å²) in [6, 6.07) is 4.14. The summed E-state index contributed by atoms with van der Waals surface area (Å²) in [6.45, 7) is 6.31. The molecule has 0 heterocycles. The third kappa shape index (κ3) is 3.06. The van der Waals surface area contributed by atoms with E-state index in [2.05, 4.69) is 37.8 Å². The first-order chi connectivity index (χ1) is 7.88. The molecule has 0 saturated carbocycles. The molecule has 1 rings (SSSR count). The van der Waals surface area contributed by atoms with Gasteiger partial charge in [-0.05, 0) is 51.6 Å². The second kappa shape index (κ2) is 5.63. The quantitative estimate of drug-likeness (QED) is 0.833. The van der Waals surface area contributed by atoms with E-state index in [1.165, 1.54) is 22.3 Å². The van der Waals surface area contributed by atoms with Crippen molar-refractivity contribution >= 4 is 0 Å². The normalized spacial score (nSPS) is 15.1. The molecule has 96 valence electrons. The summed E-state index contributed by atoms with van der Waals surface area (Å²) in [5.74, 6) is 0. The molecule has 0 amide bonds. The number of nitrogens with zero attached hydrogens (tertiary/aromatic N) is 1. The smallest absolute Gasteiger partial charge is 0.0601 e. The summed E-state index contributed by atoms with van der Waals surface area (Å²) >= 11 is 0. The summed E-state index contributed by atoms with van der Waals surface area (Å²) in [5.41, 5.74) is 11.0. The molecular weight excluding hydrogens is 212 g/mol. The summed E-state index contributed by atoms with van der Waals surface area (Å²) in [7, 11) is 4.00. The fraction of sp³-hybridized carbons (Fsp3) is 0.571. The number of aliphatic hydroxyl groups is 1. The van der Waals surface area contributed by atoms with Gasteiger partial charge >= 0.3 is 0 Å². The first kappa shape index (κ1) is 14.2. The highest BCUT2D eigenvalue weighted by molar-refractivity contribution is 5.40. The molecule has 0 spiro atoms. The maximum Gasteiger partial charge on any atom is 0.0601 e. The van der Waals surface area contributed by atoms with Crippen LogP contribution in [0.15, 0.2) is 12.1 Å². The molecule has 0 aliphatic rings. The SMILES string of the molecule is Cc1cc(C)c(C(C(N)CO)N(C)C)c(C)c1. The van der Waals surface area contributed by atoms with Gasteiger partial charge in [0, 0.05) is 6.04 Å². The third-order valence-electron chi connectivity index (χ3n) is 3.21. The van der Waals surface area contributed by atoms with Crippen molar-refractivity contribution in [3.05, 3.63) is 34.4 Å². The number of aryl methyl sites for hydroxylation is 3. The largest absolute Gasteiger partial charge is 0.395 e.